The van der Waals surface area contributed by atoms with Gasteiger partial charge in [0.25, 0.3) is 10.1 Å². The predicted molar refractivity (Wildman–Crippen MR) is 213 cm³/mol. The molecule has 55 heavy (non-hydrogen) atoms. The van der Waals surface area contributed by atoms with Crippen LogP contribution in [0, 0.1) is 0 Å². The van der Waals surface area contributed by atoms with E-state index in [2.05, 4.69) is 20.9 Å². The van der Waals surface area contributed by atoms with Gasteiger partial charge in [-0.15, -0.1) is 4.57 Å². The molecule has 0 saturated carbocycles. The third-order valence-corrected chi connectivity index (χ3v) is 11.3. The summed E-state index contributed by atoms with van der Waals surface area (Å²) in [5.74, 6) is 0. The van der Waals surface area contributed by atoms with Crippen LogP contribution in [-0.2, 0) is 26.8 Å². The Kier molecular flexibility index (Phi) is 11.8. The maximum absolute atomic E-state index is 12.6. The Balaban J connectivity index is 0.00000514. The first-order chi connectivity index (χ1) is 25.9. The molecule has 0 amide bonds. The monoisotopic (exact) mass is 784 g/mol. The minimum absolute atomic E-state index is 0. The zero-order valence-corrected chi connectivity index (χ0v) is 34.6. The van der Waals surface area contributed by atoms with Gasteiger partial charge in [0, 0.05) is 72.6 Å². The number of aromatic nitrogens is 2. The fourth-order valence-electron chi connectivity index (χ4n) is 7.01. The molecule has 0 unspecified atom stereocenters. The molecular weight excluding hydrogens is 746 g/mol. The number of fused-ring (bicyclic) bond motifs is 4. The standard InChI is InChI=1S/C41H39N5O6S2.Na/c1-4-44(5-2)37-22-19-29(24-40(37)54(50,51)52)42-36-26-39-41(34-18-11-10-17-33(34)36)43-35-21-20-31(25-38(35)46(39)30-14-8-7-9-15-30)45(6-3)27-28-13-12-16-32(23-28)53(47,48)49;/h7-26H,4-6,27H2,1-3H3,(H2,47,48,49,50,51,52);/q;+1. The third-order valence-electron chi connectivity index (χ3n) is 9.61. The maximum atomic E-state index is 12.6. The summed E-state index contributed by atoms with van der Waals surface area (Å²) < 4.78 is 72.8. The number of anilines is 4. The maximum Gasteiger partial charge on any atom is 1.00 e. The van der Waals surface area contributed by atoms with E-state index in [1.54, 1.807) is 24.3 Å². The summed E-state index contributed by atoms with van der Waals surface area (Å²) in [4.78, 5) is 8.72. The molecule has 0 aliphatic heterocycles. The van der Waals surface area contributed by atoms with Crippen molar-refractivity contribution in [3.63, 3.8) is 0 Å². The van der Waals surface area contributed by atoms with Crippen molar-refractivity contribution in [1.82, 2.24) is 4.98 Å². The van der Waals surface area contributed by atoms with E-state index in [9.17, 15) is 25.9 Å². The number of para-hydroxylation sites is 1. The Hall–Kier alpha value is -4.60. The fraction of sp³-hybridized carbons (Fsp3) is 0.171. The Morgan fingerprint density at radius 1 is 0.727 bits per heavy atom. The third kappa shape index (κ3) is 8.19. The van der Waals surface area contributed by atoms with Crippen LogP contribution in [0.1, 0.15) is 26.3 Å². The fourth-order valence-corrected chi connectivity index (χ4v) is 8.29. The van der Waals surface area contributed by atoms with Gasteiger partial charge in [-0.05, 0) is 68.8 Å². The quantitative estimate of drug-likeness (QED) is 0.0594. The van der Waals surface area contributed by atoms with Gasteiger partial charge >= 0.3 is 29.6 Å². The van der Waals surface area contributed by atoms with Crippen LogP contribution < -0.4 is 49.2 Å². The molecule has 0 radical (unpaired) electrons. The van der Waals surface area contributed by atoms with Crippen molar-refractivity contribution in [2.45, 2.75) is 37.1 Å². The molecule has 7 aromatic rings. The molecule has 0 fully saturated rings. The first kappa shape index (κ1) is 40.1. The second kappa shape index (κ2) is 16.2. The van der Waals surface area contributed by atoms with Gasteiger partial charge in [0.1, 0.15) is 26.0 Å². The van der Waals surface area contributed by atoms with Crippen LogP contribution in [-0.4, -0.2) is 50.6 Å². The van der Waals surface area contributed by atoms with Gasteiger partial charge in [-0.3, -0.25) is 4.55 Å². The van der Waals surface area contributed by atoms with Crippen molar-refractivity contribution in [1.29, 1.82) is 0 Å². The van der Waals surface area contributed by atoms with Gasteiger partial charge in [-0.1, -0.05) is 54.6 Å². The van der Waals surface area contributed by atoms with E-state index in [1.807, 2.05) is 98.5 Å². The van der Waals surface area contributed by atoms with E-state index in [1.165, 1.54) is 18.2 Å². The summed E-state index contributed by atoms with van der Waals surface area (Å²) in [7, 11) is -9.14. The number of hydrogen-bond acceptors (Lipinski definition) is 9. The van der Waals surface area contributed by atoms with E-state index in [0.717, 1.165) is 44.2 Å². The van der Waals surface area contributed by atoms with Gasteiger partial charge in [-0.25, -0.2) is 13.4 Å². The van der Waals surface area contributed by atoms with Crippen molar-refractivity contribution in [3.05, 3.63) is 127 Å². The molecule has 0 aliphatic rings. The van der Waals surface area contributed by atoms with Gasteiger partial charge < -0.3 is 19.7 Å². The Bertz CT molecular complexity index is 2770. The number of nitrogens with zero attached hydrogens (tertiary/aromatic N) is 4. The molecule has 14 heteroatoms. The van der Waals surface area contributed by atoms with E-state index < -0.39 is 20.2 Å². The van der Waals surface area contributed by atoms with Crippen LogP contribution in [0.25, 0.3) is 38.5 Å². The first-order valence-corrected chi connectivity index (χ1v) is 20.4. The number of benzene rings is 6. The topological polar surface area (TPSA) is 147 Å². The first-order valence-electron chi connectivity index (χ1n) is 17.6. The SMILES string of the molecule is CCN(Cc1cccc(S(=O)(=O)[O-])c1)c1ccc2nc3c4ccccc4c(Nc4ccc(N(CC)CC)c(S(=O)(=O)O)c4)cc3[n+](-c3ccccc3)c2c1.[Na+]. The second-order valence-corrected chi connectivity index (χ2v) is 15.6. The molecule has 0 saturated heterocycles. The molecule has 0 spiro atoms. The van der Waals surface area contributed by atoms with Crippen molar-refractivity contribution in [3.8, 4) is 5.69 Å². The predicted octanol–water partition coefficient (Wildman–Crippen LogP) is 4.59. The Labute approximate surface area is 343 Å². The molecule has 0 aliphatic carbocycles. The summed E-state index contributed by atoms with van der Waals surface area (Å²) in [6.07, 6.45) is 0. The molecule has 276 valence electrons. The molecule has 7 rings (SSSR count). The molecule has 1 heterocycles. The Morgan fingerprint density at radius 3 is 2.09 bits per heavy atom. The van der Waals surface area contributed by atoms with Crippen LogP contribution in [0.2, 0.25) is 0 Å². The summed E-state index contributed by atoms with van der Waals surface area (Å²) in [6, 6.07) is 36.9. The van der Waals surface area contributed by atoms with Gasteiger partial charge in [0.2, 0.25) is 16.7 Å². The van der Waals surface area contributed by atoms with Crippen molar-refractivity contribution < 1.29 is 60.1 Å². The normalized spacial score (nSPS) is 11.8. The van der Waals surface area contributed by atoms with Crippen LogP contribution >= 0.6 is 0 Å². The van der Waals surface area contributed by atoms with Crippen molar-refractivity contribution >= 4 is 75.8 Å². The molecular formula is C41H39N5NaO6S2+. The number of rotatable bonds is 12. The summed E-state index contributed by atoms with van der Waals surface area (Å²) in [5, 5.41) is 5.20. The van der Waals surface area contributed by atoms with E-state index in [-0.39, 0.29) is 39.3 Å². The van der Waals surface area contributed by atoms with Crippen molar-refractivity contribution in [2.24, 2.45) is 0 Å². The average Bonchev–Trinajstić information content (AvgIpc) is 3.16. The zero-order valence-electron chi connectivity index (χ0n) is 31.0. The van der Waals surface area contributed by atoms with Crippen LogP contribution in [0.5, 0.6) is 0 Å². The average molecular weight is 785 g/mol. The van der Waals surface area contributed by atoms with Gasteiger partial charge in [0.15, 0.2) is 0 Å². The molecule has 2 N–H and O–H groups in total. The van der Waals surface area contributed by atoms with Crippen LogP contribution in [0.3, 0.4) is 0 Å². The van der Waals surface area contributed by atoms with Crippen LogP contribution in [0.4, 0.5) is 22.7 Å². The summed E-state index contributed by atoms with van der Waals surface area (Å²) >= 11 is 0. The summed E-state index contributed by atoms with van der Waals surface area (Å²) in [6.45, 7) is 7.97. The largest absolute Gasteiger partial charge is 1.00 e. The second-order valence-electron chi connectivity index (χ2n) is 12.9. The molecule has 11 nitrogen and oxygen atoms in total. The van der Waals surface area contributed by atoms with E-state index in [0.29, 0.717) is 48.8 Å². The Morgan fingerprint density at radius 2 is 1.42 bits per heavy atom. The van der Waals surface area contributed by atoms with Gasteiger partial charge in [0.05, 0.1) is 16.3 Å². The molecule has 0 bridgehead atoms. The number of nitrogens with one attached hydrogen (secondary N) is 1. The van der Waals surface area contributed by atoms with Gasteiger partial charge in [-0.2, -0.15) is 8.42 Å². The van der Waals surface area contributed by atoms with Crippen LogP contribution in [0.15, 0.2) is 131 Å². The van der Waals surface area contributed by atoms with E-state index >= 15 is 0 Å². The van der Waals surface area contributed by atoms with E-state index in [4.69, 9.17) is 4.98 Å². The summed E-state index contributed by atoms with van der Waals surface area (Å²) in [5.41, 5.74) is 7.19. The molecule has 0 atom stereocenters. The zero-order chi connectivity index (χ0) is 38.2. The molecule has 1 aromatic heterocycles. The smallest absolute Gasteiger partial charge is 0.744 e. The minimum Gasteiger partial charge on any atom is -0.744 e. The molecule has 6 aromatic carbocycles. The number of hydrogen-bond donors (Lipinski definition) is 2. The van der Waals surface area contributed by atoms with Crippen molar-refractivity contribution in [2.75, 3.05) is 34.8 Å². The minimum atomic E-state index is -4.60.